The number of anilines is 2. The topological polar surface area (TPSA) is 114 Å². The summed E-state index contributed by atoms with van der Waals surface area (Å²) in [6.45, 7) is 2.27. The summed E-state index contributed by atoms with van der Waals surface area (Å²) >= 11 is 0. The van der Waals surface area contributed by atoms with Crippen LogP contribution in [0, 0.1) is 0 Å². The van der Waals surface area contributed by atoms with Crippen molar-refractivity contribution >= 4 is 33.2 Å². The van der Waals surface area contributed by atoms with Crippen LogP contribution >= 0.6 is 0 Å². The van der Waals surface area contributed by atoms with Gasteiger partial charge in [-0.1, -0.05) is 12.1 Å². The third kappa shape index (κ3) is 6.07. The number of carbonyl (C=O) groups is 2. The minimum absolute atomic E-state index is 0.0432. The maximum absolute atomic E-state index is 12.5. The second-order valence-corrected chi connectivity index (χ2v) is 7.84. The molecule has 0 spiro atoms. The summed E-state index contributed by atoms with van der Waals surface area (Å²) in [5, 5.41) is 5.41. The van der Waals surface area contributed by atoms with Crippen molar-refractivity contribution in [3.63, 3.8) is 0 Å². The highest BCUT2D eigenvalue weighted by atomic mass is 32.2. The van der Waals surface area contributed by atoms with Crippen molar-refractivity contribution < 1.29 is 22.7 Å². The molecular weight excluding hydrogens is 382 g/mol. The minimum Gasteiger partial charge on any atom is -0.383 e. The number of hydrogen-bond acceptors (Lipinski definition) is 5. The highest BCUT2D eigenvalue weighted by Gasteiger charge is 2.14. The summed E-state index contributed by atoms with van der Waals surface area (Å²) in [5.74, 6) is -0.780. The van der Waals surface area contributed by atoms with Crippen LogP contribution in [0.2, 0.25) is 0 Å². The van der Waals surface area contributed by atoms with E-state index in [0.717, 1.165) is 0 Å². The molecule has 2 rings (SSSR count). The smallest absolute Gasteiger partial charge is 0.255 e. The quantitative estimate of drug-likeness (QED) is 0.553. The highest BCUT2D eigenvalue weighted by Crippen LogP contribution is 2.17. The molecule has 0 heterocycles. The summed E-state index contributed by atoms with van der Waals surface area (Å²) < 4.78 is 30.5. The van der Waals surface area contributed by atoms with Gasteiger partial charge in [0.15, 0.2) is 0 Å². The van der Waals surface area contributed by atoms with E-state index in [1.807, 2.05) is 0 Å². The van der Waals surface area contributed by atoms with Gasteiger partial charge in [0, 0.05) is 24.9 Å². The lowest BCUT2D eigenvalue weighted by molar-refractivity contribution is 0.0938. The molecule has 0 aliphatic heterocycles. The molecule has 0 aliphatic carbocycles. The Morgan fingerprint density at radius 1 is 1.00 bits per heavy atom. The molecule has 0 fully saturated rings. The van der Waals surface area contributed by atoms with E-state index in [1.54, 1.807) is 31.4 Å². The molecule has 0 unspecified atom stereocenters. The van der Waals surface area contributed by atoms with Crippen molar-refractivity contribution in [1.82, 2.24) is 5.32 Å². The first-order valence-corrected chi connectivity index (χ1v) is 10.3. The molecule has 9 heteroatoms. The van der Waals surface area contributed by atoms with E-state index in [4.69, 9.17) is 4.74 Å². The Balaban J connectivity index is 2.10. The summed E-state index contributed by atoms with van der Waals surface area (Å²) in [7, 11) is -1.84. The van der Waals surface area contributed by atoms with E-state index in [2.05, 4.69) is 15.4 Å². The number of methoxy groups -OCH3 is 1. The predicted molar refractivity (Wildman–Crippen MR) is 108 cm³/mol. The standard InChI is InChI=1S/C19H23N3O5S/c1-3-28(25,26)22-15-10-8-14(9-11-15)18(23)21-17-7-5-4-6-16(17)19(24)20-12-13-27-2/h4-11,22H,3,12-13H2,1-2H3,(H,20,24)(H,21,23). The number of hydrogen-bond donors (Lipinski definition) is 3. The highest BCUT2D eigenvalue weighted by molar-refractivity contribution is 7.92. The third-order valence-corrected chi connectivity index (χ3v) is 5.12. The SMILES string of the molecule is CCS(=O)(=O)Nc1ccc(C(=O)Nc2ccccc2C(=O)NCCOC)cc1. The molecule has 0 radical (unpaired) electrons. The third-order valence-electron chi connectivity index (χ3n) is 3.81. The fourth-order valence-corrected chi connectivity index (χ4v) is 2.93. The molecule has 0 atom stereocenters. The van der Waals surface area contributed by atoms with Crippen LogP contribution < -0.4 is 15.4 Å². The summed E-state index contributed by atoms with van der Waals surface area (Å²) in [6, 6.07) is 12.7. The number of amides is 2. The van der Waals surface area contributed by atoms with Crippen LogP contribution in [-0.2, 0) is 14.8 Å². The van der Waals surface area contributed by atoms with Crippen molar-refractivity contribution in [2.75, 3.05) is 36.1 Å². The Kier molecular flexibility index (Phi) is 7.53. The molecule has 0 aromatic heterocycles. The molecule has 0 bridgehead atoms. The molecule has 2 amide bonds. The average Bonchev–Trinajstić information content (AvgIpc) is 2.68. The van der Waals surface area contributed by atoms with E-state index in [9.17, 15) is 18.0 Å². The fourth-order valence-electron chi connectivity index (χ4n) is 2.29. The Morgan fingerprint density at radius 2 is 1.68 bits per heavy atom. The van der Waals surface area contributed by atoms with Crippen molar-refractivity contribution in [3.05, 3.63) is 59.7 Å². The van der Waals surface area contributed by atoms with Gasteiger partial charge >= 0.3 is 0 Å². The van der Waals surface area contributed by atoms with Gasteiger partial charge in [0.1, 0.15) is 0 Å². The Hall–Kier alpha value is -2.91. The first-order chi connectivity index (χ1) is 13.4. The molecular formula is C19H23N3O5S. The van der Waals surface area contributed by atoms with E-state index in [0.29, 0.717) is 35.7 Å². The van der Waals surface area contributed by atoms with Crippen molar-refractivity contribution in [1.29, 1.82) is 0 Å². The molecule has 150 valence electrons. The molecule has 2 aromatic rings. The van der Waals surface area contributed by atoms with Gasteiger partial charge in [-0.25, -0.2) is 8.42 Å². The van der Waals surface area contributed by atoms with E-state index >= 15 is 0 Å². The lowest BCUT2D eigenvalue weighted by Gasteiger charge is -2.12. The zero-order chi connectivity index (χ0) is 20.6. The van der Waals surface area contributed by atoms with Crippen LogP contribution in [0.1, 0.15) is 27.6 Å². The molecule has 0 aliphatic rings. The van der Waals surface area contributed by atoms with Crippen molar-refractivity contribution in [2.24, 2.45) is 0 Å². The fraction of sp³-hybridized carbons (Fsp3) is 0.263. The number of rotatable bonds is 9. The zero-order valence-corrected chi connectivity index (χ0v) is 16.5. The molecule has 0 saturated carbocycles. The van der Waals surface area contributed by atoms with Gasteiger partial charge in [0.2, 0.25) is 10.0 Å². The van der Waals surface area contributed by atoms with Gasteiger partial charge in [-0.3, -0.25) is 14.3 Å². The van der Waals surface area contributed by atoms with Crippen molar-refractivity contribution in [2.45, 2.75) is 6.92 Å². The van der Waals surface area contributed by atoms with Crippen LogP contribution in [0.5, 0.6) is 0 Å². The minimum atomic E-state index is -3.38. The molecule has 3 N–H and O–H groups in total. The van der Waals surface area contributed by atoms with Crippen LogP contribution in [0.3, 0.4) is 0 Å². The Bertz CT molecular complexity index is 927. The van der Waals surface area contributed by atoms with Gasteiger partial charge in [0.25, 0.3) is 11.8 Å². The Morgan fingerprint density at radius 3 is 2.32 bits per heavy atom. The number of benzene rings is 2. The van der Waals surface area contributed by atoms with Gasteiger partial charge in [-0.2, -0.15) is 0 Å². The van der Waals surface area contributed by atoms with Crippen LogP contribution in [0.25, 0.3) is 0 Å². The van der Waals surface area contributed by atoms with Gasteiger partial charge in [0.05, 0.1) is 23.6 Å². The second kappa shape index (κ2) is 9.86. The maximum atomic E-state index is 12.5. The number of ether oxygens (including phenoxy) is 1. The Labute approximate surface area is 164 Å². The molecule has 2 aromatic carbocycles. The summed E-state index contributed by atoms with van der Waals surface area (Å²) in [5.41, 5.74) is 1.41. The molecule has 0 saturated heterocycles. The van der Waals surface area contributed by atoms with Crippen LogP contribution in [0.4, 0.5) is 11.4 Å². The maximum Gasteiger partial charge on any atom is 0.255 e. The molecule has 28 heavy (non-hydrogen) atoms. The van der Waals surface area contributed by atoms with E-state index in [-0.39, 0.29) is 11.7 Å². The monoisotopic (exact) mass is 405 g/mol. The second-order valence-electron chi connectivity index (χ2n) is 5.83. The summed E-state index contributed by atoms with van der Waals surface area (Å²) in [6.07, 6.45) is 0. The first-order valence-electron chi connectivity index (χ1n) is 8.64. The number of sulfonamides is 1. The van der Waals surface area contributed by atoms with E-state index in [1.165, 1.54) is 31.2 Å². The van der Waals surface area contributed by atoms with Gasteiger partial charge in [-0.15, -0.1) is 0 Å². The van der Waals surface area contributed by atoms with Crippen molar-refractivity contribution in [3.8, 4) is 0 Å². The van der Waals surface area contributed by atoms with Crippen LogP contribution in [-0.4, -0.2) is 46.2 Å². The lowest BCUT2D eigenvalue weighted by atomic mass is 10.1. The lowest BCUT2D eigenvalue weighted by Crippen LogP contribution is -2.28. The van der Waals surface area contributed by atoms with Crippen LogP contribution in [0.15, 0.2) is 48.5 Å². The van der Waals surface area contributed by atoms with Gasteiger partial charge < -0.3 is 15.4 Å². The first kappa shape index (κ1) is 21.4. The number of carbonyl (C=O) groups excluding carboxylic acids is 2. The number of nitrogens with one attached hydrogen (secondary N) is 3. The predicted octanol–water partition coefficient (Wildman–Crippen LogP) is 2.08. The zero-order valence-electron chi connectivity index (χ0n) is 15.7. The van der Waals surface area contributed by atoms with Gasteiger partial charge in [-0.05, 0) is 43.3 Å². The van der Waals surface area contributed by atoms with E-state index < -0.39 is 15.9 Å². The summed E-state index contributed by atoms with van der Waals surface area (Å²) in [4.78, 5) is 24.8. The largest absolute Gasteiger partial charge is 0.383 e. The normalized spacial score (nSPS) is 10.9. The molecule has 8 nitrogen and oxygen atoms in total. The number of para-hydroxylation sites is 1. The average molecular weight is 405 g/mol.